The molecule has 2 atom stereocenters. The normalized spacial score (nSPS) is 21.3. The summed E-state index contributed by atoms with van der Waals surface area (Å²) < 4.78 is 70.6. The molecule has 5 aromatic rings. The lowest BCUT2D eigenvalue weighted by Crippen LogP contribution is -2.54. The Morgan fingerprint density at radius 3 is 2.40 bits per heavy atom. The average molecular weight is 867 g/mol. The number of benzene rings is 3. The standard InChI is InChI=1S/C40H32F2N10O9S/c41-20-9-10-50(18-20)62(58,59)49-32-6-4-30(42)35(29(32)15-43)61-24-2-5-31-28(14-24)37(55)51(19-46-31)22-16-44-40(45-17-22)47-21-11-25(12-21)60-23-1-3-26-27(13-23)39(57)52(38(26)56)33-7-8-34(53)48-36(33)54/h1-6,13-14,16-17,19-21,25,33,49H,7-12,18H2,(H,44,45,47)(H,48,53,54)/t20-,21?,25?,33?/m1/s1. The number of alkyl halides is 1. The summed E-state index contributed by atoms with van der Waals surface area (Å²) in [6.45, 7) is -0.421. The zero-order valence-corrected chi connectivity index (χ0v) is 32.9. The number of anilines is 2. The summed E-state index contributed by atoms with van der Waals surface area (Å²) in [5, 5.41) is 15.3. The molecule has 9 rings (SSSR count). The molecule has 0 bridgehead atoms. The van der Waals surface area contributed by atoms with Gasteiger partial charge in [-0.1, -0.05) is 0 Å². The van der Waals surface area contributed by atoms with Crippen LogP contribution in [0.3, 0.4) is 0 Å². The van der Waals surface area contributed by atoms with E-state index in [9.17, 15) is 42.0 Å². The fraction of sp³-hybridized carbons (Fsp3) is 0.275. The van der Waals surface area contributed by atoms with Crippen molar-refractivity contribution < 1.29 is 45.9 Å². The van der Waals surface area contributed by atoms with E-state index in [0.29, 0.717) is 18.6 Å². The second-order valence-corrected chi connectivity index (χ2v) is 16.6. The predicted octanol–water partition coefficient (Wildman–Crippen LogP) is 3.10. The number of nitrogens with zero attached hydrogens (tertiary/aromatic N) is 7. The lowest BCUT2D eigenvalue weighted by atomic mass is 9.89. The number of amides is 4. The van der Waals surface area contributed by atoms with Gasteiger partial charge in [-0.2, -0.15) is 18.0 Å². The Kier molecular flexibility index (Phi) is 10.1. The van der Waals surface area contributed by atoms with E-state index in [1.54, 1.807) is 12.1 Å². The van der Waals surface area contributed by atoms with E-state index in [-0.39, 0.29) is 89.6 Å². The van der Waals surface area contributed by atoms with Crippen LogP contribution in [-0.4, -0.2) is 98.2 Å². The van der Waals surface area contributed by atoms with Crippen molar-refractivity contribution in [1.29, 1.82) is 5.26 Å². The van der Waals surface area contributed by atoms with Crippen molar-refractivity contribution in [2.24, 2.45) is 0 Å². The van der Waals surface area contributed by atoms with Crippen LogP contribution in [0.15, 0.2) is 72.0 Å². The van der Waals surface area contributed by atoms with Gasteiger partial charge in [0, 0.05) is 38.4 Å². The molecule has 0 spiro atoms. The fourth-order valence-corrected chi connectivity index (χ4v) is 8.91. The van der Waals surface area contributed by atoms with E-state index in [1.807, 2.05) is 0 Å². The topological polar surface area (TPSA) is 248 Å². The van der Waals surface area contributed by atoms with Crippen LogP contribution in [0, 0.1) is 17.1 Å². The molecule has 3 aromatic carbocycles. The maximum atomic E-state index is 15.1. The monoisotopic (exact) mass is 866 g/mol. The number of fused-ring (bicyclic) bond motifs is 2. The lowest BCUT2D eigenvalue weighted by molar-refractivity contribution is -0.136. The number of hydrogen-bond donors (Lipinski definition) is 3. The van der Waals surface area contributed by atoms with Crippen molar-refractivity contribution in [3.8, 4) is 29.0 Å². The quantitative estimate of drug-likeness (QED) is 0.162. The molecule has 316 valence electrons. The van der Waals surface area contributed by atoms with Crippen molar-refractivity contribution in [1.82, 2.24) is 34.0 Å². The first kappa shape index (κ1) is 40.0. The summed E-state index contributed by atoms with van der Waals surface area (Å²) in [4.78, 5) is 77.7. The maximum absolute atomic E-state index is 15.1. The van der Waals surface area contributed by atoms with Gasteiger partial charge in [-0.3, -0.25) is 43.5 Å². The number of carbonyl (C=O) groups excluding carboxylic acids is 4. The predicted molar refractivity (Wildman–Crippen MR) is 212 cm³/mol. The average Bonchev–Trinajstić information content (AvgIpc) is 3.79. The second kappa shape index (κ2) is 15.6. The molecule has 1 aliphatic carbocycles. The zero-order chi connectivity index (χ0) is 43.4. The Labute approximate surface area is 349 Å². The van der Waals surface area contributed by atoms with Crippen LogP contribution in [0.25, 0.3) is 16.6 Å². The fourth-order valence-electron chi connectivity index (χ4n) is 7.63. The van der Waals surface area contributed by atoms with Crippen molar-refractivity contribution in [3.05, 3.63) is 100 Å². The van der Waals surface area contributed by atoms with Gasteiger partial charge in [0.2, 0.25) is 17.8 Å². The minimum Gasteiger partial charge on any atom is -0.490 e. The molecule has 3 fully saturated rings. The SMILES string of the molecule is N#Cc1c(NS(=O)(=O)N2CC[C@@H](F)C2)ccc(F)c1Oc1ccc2ncn(-c3cnc(NC4CC(Oc5ccc6c(c5)C(=O)N(C5CCC(=O)NC5=O)C6=O)C4)nc3)c(=O)c2c1. The zero-order valence-electron chi connectivity index (χ0n) is 32.1. The van der Waals surface area contributed by atoms with Crippen molar-refractivity contribution >= 4 is 56.4 Å². The third kappa shape index (κ3) is 7.40. The van der Waals surface area contributed by atoms with Crippen molar-refractivity contribution in [3.63, 3.8) is 0 Å². The third-order valence-electron chi connectivity index (χ3n) is 10.9. The summed E-state index contributed by atoms with van der Waals surface area (Å²) in [5.41, 5.74) is -0.501. The van der Waals surface area contributed by atoms with Crippen LogP contribution >= 0.6 is 0 Å². The highest BCUT2D eigenvalue weighted by Gasteiger charge is 2.45. The smallest absolute Gasteiger partial charge is 0.301 e. The first-order chi connectivity index (χ1) is 29.8. The highest BCUT2D eigenvalue weighted by molar-refractivity contribution is 7.90. The highest BCUT2D eigenvalue weighted by atomic mass is 32.2. The van der Waals surface area contributed by atoms with E-state index in [4.69, 9.17) is 9.47 Å². The second-order valence-electron chi connectivity index (χ2n) is 14.9. The summed E-state index contributed by atoms with van der Waals surface area (Å²) in [7, 11) is -4.27. The van der Waals surface area contributed by atoms with Gasteiger partial charge in [0.1, 0.15) is 47.8 Å². The Balaban J connectivity index is 0.837. The number of rotatable bonds is 11. The molecule has 62 heavy (non-hydrogen) atoms. The molecule has 3 aliphatic heterocycles. The van der Waals surface area contributed by atoms with Crippen LogP contribution in [0.5, 0.6) is 17.2 Å². The molecule has 1 unspecified atom stereocenters. The van der Waals surface area contributed by atoms with Crippen molar-refractivity contribution in [2.45, 2.75) is 56.5 Å². The van der Waals surface area contributed by atoms with Gasteiger partial charge in [-0.15, -0.1) is 0 Å². The number of piperidine rings is 1. The van der Waals surface area contributed by atoms with Crippen LogP contribution < -0.4 is 30.4 Å². The number of imide groups is 2. The van der Waals surface area contributed by atoms with Gasteiger partial charge >= 0.3 is 10.2 Å². The molecule has 3 N–H and O–H groups in total. The number of nitrogens with one attached hydrogen (secondary N) is 3. The molecular formula is C40H32F2N10O9S. The van der Waals surface area contributed by atoms with Crippen LogP contribution in [-0.2, 0) is 19.8 Å². The summed E-state index contributed by atoms with van der Waals surface area (Å²) >= 11 is 0. The summed E-state index contributed by atoms with van der Waals surface area (Å²) in [6.07, 6.45) is 3.74. The van der Waals surface area contributed by atoms with Gasteiger partial charge in [0.15, 0.2) is 11.6 Å². The number of ether oxygens (including phenoxy) is 2. The first-order valence-corrected chi connectivity index (χ1v) is 20.7. The minimum absolute atomic E-state index is 0.0184. The lowest BCUT2D eigenvalue weighted by Gasteiger charge is -2.35. The first-order valence-electron chi connectivity index (χ1n) is 19.2. The molecule has 19 nitrogen and oxygen atoms in total. The number of hydrogen-bond acceptors (Lipinski definition) is 14. The Hall–Kier alpha value is -7.38. The van der Waals surface area contributed by atoms with E-state index in [2.05, 4.69) is 30.3 Å². The molecule has 5 heterocycles. The van der Waals surface area contributed by atoms with Crippen LogP contribution in [0.2, 0.25) is 0 Å². The number of aromatic nitrogens is 4. The molecule has 2 aromatic heterocycles. The molecule has 1 saturated carbocycles. The minimum atomic E-state index is -4.27. The maximum Gasteiger partial charge on any atom is 0.301 e. The number of carbonyl (C=O) groups is 4. The Bertz CT molecular complexity index is 2940. The Morgan fingerprint density at radius 1 is 0.919 bits per heavy atom. The highest BCUT2D eigenvalue weighted by Crippen LogP contribution is 2.36. The van der Waals surface area contributed by atoms with Gasteiger partial charge in [-0.25, -0.2) is 23.7 Å². The van der Waals surface area contributed by atoms with Gasteiger partial charge in [0.05, 0.1) is 45.8 Å². The van der Waals surface area contributed by atoms with Gasteiger partial charge in [0.25, 0.3) is 17.4 Å². The Morgan fingerprint density at radius 2 is 1.68 bits per heavy atom. The third-order valence-corrected chi connectivity index (χ3v) is 12.4. The van der Waals surface area contributed by atoms with Gasteiger partial charge < -0.3 is 14.8 Å². The summed E-state index contributed by atoms with van der Waals surface area (Å²) in [6, 6.07) is 11.3. The van der Waals surface area contributed by atoms with Crippen molar-refractivity contribution in [2.75, 3.05) is 23.1 Å². The molecule has 22 heteroatoms. The van der Waals surface area contributed by atoms with Crippen LogP contribution in [0.4, 0.5) is 20.4 Å². The van der Waals surface area contributed by atoms with E-state index >= 15 is 4.39 Å². The van der Waals surface area contributed by atoms with Crippen LogP contribution in [0.1, 0.15) is 58.4 Å². The largest absolute Gasteiger partial charge is 0.490 e. The number of nitriles is 1. The summed E-state index contributed by atoms with van der Waals surface area (Å²) in [5.74, 6) is -3.37. The molecular weight excluding hydrogens is 835 g/mol. The van der Waals surface area contributed by atoms with E-state index < -0.39 is 68.7 Å². The molecule has 4 amide bonds. The molecule has 2 saturated heterocycles. The van der Waals surface area contributed by atoms with E-state index in [0.717, 1.165) is 21.3 Å². The van der Waals surface area contributed by atoms with Gasteiger partial charge in [-0.05, 0) is 61.4 Å². The molecule has 0 radical (unpaired) electrons. The van der Waals surface area contributed by atoms with E-state index in [1.165, 1.54) is 53.6 Å². The molecule has 4 aliphatic rings. The number of halogens is 2.